The summed E-state index contributed by atoms with van der Waals surface area (Å²) in [5.41, 5.74) is 18.8. The molecule has 4 heterocycles. The molecule has 45 heteroatoms. The van der Waals surface area contributed by atoms with Crippen molar-refractivity contribution in [3.8, 4) is 0 Å². The number of amides is 15. The summed E-state index contributed by atoms with van der Waals surface area (Å²) < 4.78 is 10.8. The van der Waals surface area contributed by atoms with Gasteiger partial charge in [0.2, 0.25) is 88.6 Å². The van der Waals surface area contributed by atoms with Gasteiger partial charge in [-0.1, -0.05) is 158 Å². The molecule has 0 unspecified atom stereocenters. The molecule has 760 valence electrons. The zero-order valence-corrected chi connectivity index (χ0v) is 79.1. The lowest BCUT2D eigenvalue weighted by Gasteiger charge is -2.28. The number of hydrogen-bond donors (Lipinski definition) is 22. The van der Waals surface area contributed by atoms with E-state index >= 15 is 9.59 Å². The van der Waals surface area contributed by atoms with Gasteiger partial charge < -0.3 is 116 Å². The molecule has 138 heavy (non-hydrogen) atoms. The molecule has 1 fully saturated rings. The monoisotopic (exact) mass is 1930 g/mol. The van der Waals surface area contributed by atoms with Crippen molar-refractivity contribution >= 4 is 123 Å². The van der Waals surface area contributed by atoms with Gasteiger partial charge in [-0.3, -0.25) is 91.9 Å². The third kappa shape index (κ3) is 45.3. The number of aliphatic hydroxyl groups is 2. The number of aliphatic imine (C=N–C) groups is 1. The number of aromatic nitrogens is 5. The highest BCUT2D eigenvalue weighted by molar-refractivity contribution is 6.01. The number of carbonyl (C=O) groups excluding carboxylic acids is 17. The quantitative estimate of drug-likeness (QED) is 0.0149. The molecular weight excluding hydrogens is 1790 g/mol. The number of aryl methyl sites for hydroxylation is 1. The number of aromatic amines is 2. The molecule has 2 aromatic carbocycles. The number of primary amides is 2. The Balaban J connectivity index is 1.07. The summed E-state index contributed by atoms with van der Waals surface area (Å²) in [5.74, 6) is -14.4. The van der Waals surface area contributed by atoms with E-state index in [1.54, 1.807) is 55.6 Å². The molecule has 2 aliphatic heterocycles. The van der Waals surface area contributed by atoms with Crippen molar-refractivity contribution in [3.63, 3.8) is 0 Å². The minimum absolute atomic E-state index is 0.0150. The van der Waals surface area contributed by atoms with E-state index in [4.69, 9.17) is 32.1 Å². The molecule has 0 radical (unpaired) electrons. The van der Waals surface area contributed by atoms with Crippen molar-refractivity contribution in [2.24, 2.45) is 22.2 Å². The first-order chi connectivity index (χ1) is 66.4. The van der Waals surface area contributed by atoms with Crippen LogP contribution in [0.5, 0.6) is 0 Å². The number of H-pyrrole nitrogens is 2. The largest absolute Gasteiger partial charge is 0.394 e. The second-order valence-corrected chi connectivity index (χ2v) is 34.5. The number of rotatable bonds is 59. The summed E-state index contributed by atoms with van der Waals surface area (Å²) in [7, 11) is 0. The predicted molar refractivity (Wildman–Crippen MR) is 507 cm³/mol. The molecule has 45 nitrogen and oxygen atoms in total. The van der Waals surface area contributed by atoms with Crippen molar-refractivity contribution in [2.75, 3.05) is 59.3 Å². The number of nitrogens with one attached hydrogen (secondary N) is 17. The van der Waals surface area contributed by atoms with Gasteiger partial charge in [0, 0.05) is 106 Å². The number of guanidine groups is 1. The molecule has 2 aliphatic rings. The molecule has 0 saturated carbocycles. The highest BCUT2D eigenvalue weighted by atomic mass is 16.5. The third-order valence-corrected chi connectivity index (χ3v) is 23.2. The van der Waals surface area contributed by atoms with E-state index in [-0.39, 0.29) is 121 Å². The first kappa shape index (κ1) is 114. The van der Waals surface area contributed by atoms with Crippen molar-refractivity contribution in [2.45, 2.75) is 305 Å². The van der Waals surface area contributed by atoms with E-state index in [1.807, 2.05) is 18.2 Å². The number of unbranched alkanes of at least 4 members (excludes halogenated alkanes) is 13. The van der Waals surface area contributed by atoms with E-state index in [1.165, 1.54) is 64.5 Å². The standard InChI is InChI=1S/C93H142N24O21/c1-3-4-33-67(83(127)107-69-40-39-63(121)31-20-17-21-34-65(59(2)120)104-89(133)73(52-61-54-101-66-35-25-24-32-64(61)66)111-84(128)68(36-27-46-100-93(96)97)105-88(132)72(51-60-28-18-16-19-29-60)110-86(130)70(108-85(69)129)41-43-77(94)122)106-92(136)76(57-119)113-90(134)74(53-62-30-26-45-98-62)112-87(131)71(42-44-78(95)123)109-91(135)75(56-118)103-81(125)55-102-82(126)58-138-50-49-137-48-47-99-80(124)38-23-15-13-11-9-7-5-6-8-10-12-14-22-37-79-114-116-117-115-79/h16,18-19,24-25,28-30,32,35,45,54,65,67-76,101,118-119H,3-15,17,20-23,26-27,31,33-34,36-44,46-53,55-58H2,1-2H3,(H2,94,122)(H2,95,123)(H,99,124)(H,102,126)(H,103,125)(H,104,133)(H,105,132)(H,106,136)(H,107,127)(H,108,129)(H,109,135)(H,110,130)(H,111,128)(H,112,131)(H,113,134)(H4,96,97,100)(H,114,115,116,117)/t65-,67-,68-,69-,70-,71+,72+,73-,74-,75-,76-/m0/s1. The van der Waals surface area contributed by atoms with Crippen LogP contribution in [-0.4, -0.2) is 274 Å². The fraction of sp³-hybridized carbons (Fsp3) is 0.613. The first-order valence-electron chi connectivity index (χ1n) is 47.9. The average Bonchev–Trinajstić information content (AvgIpc) is 1.67. The van der Waals surface area contributed by atoms with Gasteiger partial charge in [-0.25, -0.2) is 5.10 Å². The van der Waals surface area contributed by atoms with E-state index < -0.39 is 219 Å². The van der Waals surface area contributed by atoms with Gasteiger partial charge in [0.15, 0.2) is 11.7 Å². The van der Waals surface area contributed by atoms with Crippen LogP contribution in [0.15, 0.2) is 77.6 Å². The van der Waals surface area contributed by atoms with Gasteiger partial charge >= 0.3 is 0 Å². The van der Waals surface area contributed by atoms with Crippen molar-refractivity contribution in [1.29, 1.82) is 5.41 Å². The maximum Gasteiger partial charge on any atom is 0.246 e. The number of hydrogen-bond acceptors (Lipinski definition) is 26. The second kappa shape index (κ2) is 64.9. The molecule has 0 spiro atoms. The summed E-state index contributed by atoms with van der Waals surface area (Å²) in [6.45, 7) is 0.236. The molecule has 11 atom stereocenters. The van der Waals surface area contributed by atoms with Crippen LogP contribution in [0.4, 0.5) is 0 Å². The number of fused-ring (bicyclic) bond motifs is 1. The van der Waals surface area contributed by atoms with Crippen LogP contribution in [0.2, 0.25) is 0 Å². The average molecular weight is 1930 g/mol. The Morgan fingerprint density at radius 2 is 1.11 bits per heavy atom. The van der Waals surface area contributed by atoms with Gasteiger partial charge in [0.1, 0.15) is 78.6 Å². The Hall–Kier alpha value is -13.0. The van der Waals surface area contributed by atoms with Gasteiger partial charge in [-0.15, -0.1) is 5.10 Å². The number of allylic oxidation sites excluding steroid dienone is 1. The van der Waals surface area contributed by atoms with E-state index in [0.717, 1.165) is 55.3 Å². The Kier molecular flexibility index (Phi) is 53.5. The van der Waals surface area contributed by atoms with Crippen LogP contribution in [0.3, 0.4) is 0 Å². The number of nitrogens with zero attached hydrogens (tertiary/aromatic N) is 4. The Labute approximate surface area is 802 Å². The number of tetrazole rings is 1. The summed E-state index contributed by atoms with van der Waals surface area (Å²) in [6, 6.07) is -2.08. The van der Waals surface area contributed by atoms with E-state index in [2.05, 4.69) is 105 Å². The molecule has 1 saturated heterocycles. The fourth-order valence-corrected chi connectivity index (χ4v) is 15.4. The van der Waals surface area contributed by atoms with Crippen LogP contribution in [0.1, 0.15) is 236 Å². The molecule has 15 amide bonds. The van der Waals surface area contributed by atoms with Crippen molar-refractivity contribution < 1.29 is 101 Å². The van der Waals surface area contributed by atoms with Crippen LogP contribution in [-0.2, 0) is 110 Å². The number of Topliss-reactive ketones (excluding diaryl/α,β-unsaturated/α-hetero) is 2. The molecule has 4 aromatic rings. The molecule has 0 bridgehead atoms. The van der Waals surface area contributed by atoms with Gasteiger partial charge in [0.25, 0.3) is 0 Å². The Morgan fingerprint density at radius 3 is 1.75 bits per heavy atom. The number of ether oxygens (including phenoxy) is 2. The Bertz CT molecular complexity index is 4650. The maximum atomic E-state index is 15.0. The molecule has 6 rings (SSSR count). The lowest BCUT2D eigenvalue weighted by Crippen LogP contribution is -2.61. The number of ketones is 2. The molecule has 25 N–H and O–H groups in total. The van der Waals surface area contributed by atoms with Crippen LogP contribution < -0.4 is 91.6 Å². The number of benzene rings is 2. The summed E-state index contributed by atoms with van der Waals surface area (Å²) in [5, 5.41) is 79.4. The zero-order valence-electron chi connectivity index (χ0n) is 79.1. The number of nitrogens with two attached hydrogens (primary N) is 3. The van der Waals surface area contributed by atoms with Gasteiger partial charge in [-0.05, 0) is 98.8 Å². The number of para-hydroxylation sites is 1. The Morgan fingerprint density at radius 1 is 0.529 bits per heavy atom. The predicted octanol–water partition coefficient (Wildman–Crippen LogP) is -0.611. The summed E-state index contributed by atoms with van der Waals surface area (Å²) >= 11 is 0. The van der Waals surface area contributed by atoms with Gasteiger partial charge in [0.05, 0.1) is 45.6 Å². The van der Waals surface area contributed by atoms with Crippen LogP contribution in [0.25, 0.3) is 10.9 Å². The zero-order chi connectivity index (χ0) is 100. The highest BCUT2D eigenvalue weighted by Gasteiger charge is 2.38. The summed E-state index contributed by atoms with van der Waals surface area (Å²) in [4.78, 5) is 244. The minimum Gasteiger partial charge on any atom is -0.394 e. The van der Waals surface area contributed by atoms with E-state index in [9.17, 15) is 82.1 Å². The van der Waals surface area contributed by atoms with Crippen LogP contribution in [0, 0.1) is 5.41 Å². The minimum atomic E-state index is -1.91. The smallest absolute Gasteiger partial charge is 0.246 e. The molecule has 2 aromatic heterocycles. The van der Waals surface area contributed by atoms with Crippen molar-refractivity contribution in [3.05, 3.63) is 89.5 Å². The summed E-state index contributed by atoms with van der Waals surface area (Å²) in [6.07, 6.45) is 18.9. The topological polar surface area (TPSA) is 702 Å². The maximum absolute atomic E-state index is 15.0. The second-order valence-electron chi connectivity index (χ2n) is 34.5. The lowest BCUT2D eigenvalue weighted by molar-refractivity contribution is -0.137. The van der Waals surface area contributed by atoms with Crippen LogP contribution >= 0.6 is 0 Å². The number of aliphatic hydroxyl groups excluding tert-OH is 2. The van der Waals surface area contributed by atoms with Gasteiger partial charge in [-0.2, -0.15) is 0 Å². The highest BCUT2D eigenvalue weighted by Crippen LogP contribution is 2.23. The lowest BCUT2D eigenvalue weighted by atomic mass is 9.99. The molecular formula is C93H142N24O21. The van der Waals surface area contributed by atoms with Crippen molar-refractivity contribution in [1.82, 2.24) is 100 Å². The van der Waals surface area contributed by atoms with E-state index in [0.29, 0.717) is 43.2 Å². The first-order valence-corrected chi connectivity index (χ1v) is 47.9. The fourth-order valence-electron chi connectivity index (χ4n) is 15.4. The third-order valence-electron chi connectivity index (χ3n) is 23.2. The molecule has 0 aliphatic carbocycles. The normalized spacial score (nSPS) is 18.1. The number of carbonyl (C=O) groups is 17. The SMILES string of the molecule is CCCC[C@H](NC(=O)[C@H](CO)NC(=O)[C@H](CC1=CCC=N1)NC(=O)[C@@H](CCC(N)=O)NC(=O)[C@H](CO)NC(=O)CNC(=O)COCCOCCNC(=O)CCCCCCCCCCCCCCCc1nnn[nH]1)C(=O)N[C@H]1CCC(=O)CCCCC[C@@H](C(C)=O)NC(=O)[C@H](Cc2c[nH]c3ccccc23)NC(=O)[C@H](CCCNC(=N)N)NC(=O)[C@@H](Cc2ccccc2)NC(=O)[C@H](CCC(N)=O)NC1=O.